The van der Waals surface area contributed by atoms with Gasteiger partial charge in [0.2, 0.25) is 5.91 Å². The molecular formula is C19H22NO3-. The van der Waals surface area contributed by atoms with Gasteiger partial charge >= 0.3 is 0 Å². The van der Waals surface area contributed by atoms with E-state index >= 15 is 0 Å². The summed E-state index contributed by atoms with van der Waals surface area (Å²) < 4.78 is 0. The first-order valence-electron chi connectivity index (χ1n) is 8.17. The highest BCUT2D eigenvalue weighted by atomic mass is 16.4. The van der Waals surface area contributed by atoms with Crippen LogP contribution in [0.1, 0.15) is 39.2 Å². The first kappa shape index (κ1) is 15.8. The summed E-state index contributed by atoms with van der Waals surface area (Å²) in [5.74, 6) is -2.46. The highest BCUT2D eigenvalue weighted by molar-refractivity contribution is 5.99. The van der Waals surface area contributed by atoms with Crippen molar-refractivity contribution >= 4 is 17.6 Å². The molecule has 0 unspecified atom stereocenters. The number of rotatable bonds is 2. The molecule has 0 aromatic heterocycles. The molecule has 0 N–H and O–H groups in total. The van der Waals surface area contributed by atoms with Gasteiger partial charge < -0.3 is 14.8 Å². The maximum atomic E-state index is 13.2. The number of benzene rings is 1. The zero-order valence-corrected chi connectivity index (χ0v) is 13.8. The van der Waals surface area contributed by atoms with Gasteiger partial charge in [0.25, 0.3) is 0 Å². The van der Waals surface area contributed by atoms with Crippen LogP contribution in [0.4, 0.5) is 5.69 Å². The van der Waals surface area contributed by atoms with E-state index in [1.54, 1.807) is 4.90 Å². The predicted octanol–water partition coefficient (Wildman–Crippen LogP) is 2.08. The van der Waals surface area contributed by atoms with Gasteiger partial charge in [-0.2, -0.15) is 0 Å². The lowest BCUT2D eigenvalue weighted by atomic mass is 9.75. The van der Waals surface area contributed by atoms with Crippen molar-refractivity contribution in [1.29, 1.82) is 0 Å². The number of fused-ring (bicyclic) bond motifs is 1. The van der Waals surface area contributed by atoms with E-state index in [4.69, 9.17) is 0 Å². The van der Waals surface area contributed by atoms with Crippen molar-refractivity contribution < 1.29 is 14.7 Å². The molecule has 0 saturated heterocycles. The van der Waals surface area contributed by atoms with Gasteiger partial charge in [-0.05, 0) is 51.7 Å². The Bertz CT molecular complexity index is 692. The number of allylic oxidation sites excluding steroid dienone is 2. The van der Waals surface area contributed by atoms with Gasteiger partial charge in [0, 0.05) is 23.6 Å². The number of carbonyl (C=O) groups excluding carboxylic acids is 2. The second-order valence-electron chi connectivity index (χ2n) is 6.89. The summed E-state index contributed by atoms with van der Waals surface area (Å²) in [7, 11) is 0. The summed E-state index contributed by atoms with van der Waals surface area (Å²) in [4.78, 5) is 26.5. The molecule has 2 aliphatic rings. The van der Waals surface area contributed by atoms with Gasteiger partial charge in [0.05, 0.1) is 5.92 Å². The number of anilines is 1. The molecule has 3 atom stereocenters. The number of carboxylic acids is 1. The fourth-order valence-corrected chi connectivity index (χ4v) is 3.88. The minimum absolute atomic E-state index is 0.0645. The largest absolute Gasteiger partial charge is 0.550 e. The fourth-order valence-electron chi connectivity index (χ4n) is 3.88. The summed E-state index contributed by atoms with van der Waals surface area (Å²) in [6.07, 6.45) is 1.74. The summed E-state index contributed by atoms with van der Waals surface area (Å²) >= 11 is 0. The lowest BCUT2D eigenvalue weighted by Crippen LogP contribution is -2.48. The number of aliphatic carboxylic acids is 1. The molecule has 0 fully saturated rings. The van der Waals surface area contributed by atoms with Gasteiger partial charge in [-0.1, -0.05) is 29.3 Å². The second-order valence-corrected chi connectivity index (χ2v) is 6.89. The van der Waals surface area contributed by atoms with Crippen LogP contribution in [0, 0.1) is 11.8 Å². The number of para-hydroxylation sites is 1. The van der Waals surface area contributed by atoms with Crippen molar-refractivity contribution in [2.45, 2.75) is 46.1 Å². The zero-order chi connectivity index (χ0) is 16.7. The maximum Gasteiger partial charge on any atom is 0.231 e. The van der Waals surface area contributed by atoms with E-state index in [9.17, 15) is 14.7 Å². The van der Waals surface area contributed by atoms with E-state index in [0.717, 1.165) is 28.8 Å². The van der Waals surface area contributed by atoms with Crippen molar-refractivity contribution in [3.8, 4) is 0 Å². The van der Waals surface area contributed by atoms with E-state index in [0.29, 0.717) is 12.8 Å². The van der Waals surface area contributed by atoms with Gasteiger partial charge in [-0.15, -0.1) is 0 Å². The molecule has 1 aromatic rings. The molecule has 1 aliphatic heterocycles. The van der Waals surface area contributed by atoms with Crippen LogP contribution in [-0.2, 0) is 16.0 Å². The summed E-state index contributed by atoms with van der Waals surface area (Å²) in [6, 6.07) is 7.94. The minimum Gasteiger partial charge on any atom is -0.550 e. The Labute approximate surface area is 136 Å². The molecule has 1 amide bonds. The van der Waals surface area contributed by atoms with Crippen LogP contribution in [0.15, 0.2) is 35.4 Å². The highest BCUT2D eigenvalue weighted by Gasteiger charge is 2.40. The summed E-state index contributed by atoms with van der Waals surface area (Å²) in [5, 5.41) is 11.6. The number of carbonyl (C=O) groups is 2. The maximum absolute atomic E-state index is 13.2. The van der Waals surface area contributed by atoms with Crippen molar-refractivity contribution in [2.75, 3.05) is 4.90 Å². The van der Waals surface area contributed by atoms with E-state index in [2.05, 4.69) is 0 Å². The summed E-state index contributed by atoms with van der Waals surface area (Å²) in [5.41, 5.74) is 4.27. The van der Waals surface area contributed by atoms with Crippen LogP contribution in [0.5, 0.6) is 0 Å². The first-order valence-corrected chi connectivity index (χ1v) is 8.17. The van der Waals surface area contributed by atoms with Crippen LogP contribution in [0.3, 0.4) is 0 Å². The number of amides is 1. The van der Waals surface area contributed by atoms with Crippen LogP contribution in [0.25, 0.3) is 0 Å². The average molecular weight is 312 g/mol. The average Bonchev–Trinajstić information content (AvgIpc) is 2.84. The van der Waals surface area contributed by atoms with Crippen molar-refractivity contribution in [3.63, 3.8) is 0 Å². The Morgan fingerprint density at radius 2 is 1.65 bits per heavy atom. The monoisotopic (exact) mass is 312 g/mol. The first-order chi connectivity index (χ1) is 10.9. The minimum atomic E-state index is -1.12. The Hall–Kier alpha value is -2.10. The smallest absolute Gasteiger partial charge is 0.231 e. The van der Waals surface area contributed by atoms with E-state index < -0.39 is 17.8 Å². The van der Waals surface area contributed by atoms with Crippen LogP contribution in [0.2, 0.25) is 0 Å². The highest BCUT2D eigenvalue weighted by Crippen LogP contribution is 2.39. The second kappa shape index (κ2) is 5.84. The van der Waals surface area contributed by atoms with Crippen LogP contribution in [-0.4, -0.2) is 17.9 Å². The third kappa shape index (κ3) is 2.67. The molecule has 4 nitrogen and oxygen atoms in total. The molecule has 1 aliphatic carbocycles. The molecule has 1 aromatic carbocycles. The zero-order valence-electron chi connectivity index (χ0n) is 13.8. The molecule has 0 spiro atoms. The molecule has 0 saturated carbocycles. The van der Waals surface area contributed by atoms with Crippen molar-refractivity contribution in [2.24, 2.45) is 11.8 Å². The molecule has 3 rings (SSSR count). The molecule has 0 radical (unpaired) electrons. The van der Waals surface area contributed by atoms with E-state index in [1.807, 2.05) is 45.0 Å². The Morgan fingerprint density at radius 3 is 2.30 bits per heavy atom. The number of hydrogen-bond acceptors (Lipinski definition) is 3. The molecule has 23 heavy (non-hydrogen) atoms. The third-order valence-electron chi connectivity index (χ3n) is 5.33. The van der Waals surface area contributed by atoms with Gasteiger partial charge in [0.1, 0.15) is 0 Å². The fraction of sp³-hybridized carbons (Fsp3) is 0.474. The standard InChI is InChI=1S/C19H23NO3/c1-11-8-15(16(19(22)23)9-12(11)2)18(21)20-13(3)10-14-6-4-5-7-17(14)20/h4-7,13,15-16H,8-10H2,1-3H3,(H,22,23)/p-1/t13-,15-,16+/m1/s1. The van der Waals surface area contributed by atoms with Gasteiger partial charge in [0.15, 0.2) is 0 Å². The molecule has 0 bridgehead atoms. The molecule has 4 heteroatoms. The molecular weight excluding hydrogens is 290 g/mol. The predicted molar refractivity (Wildman–Crippen MR) is 86.7 cm³/mol. The number of nitrogens with zero attached hydrogens (tertiary/aromatic N) is 1. The quantitative estimate of drug-likeness (QED) is 0.786. The van der Waals surface area contributed by atoms with Gasteiger partial charge in [-0.25, -0.2) is 0 Å². The Morgan fingerprint density at radius 1 is 1.04 bits per heavy atom. The Balaban J connectivity index is 1.94. The lowest BCUT2D eigenvalue weighted by Gasteiger charge is -2.36. The van der Waals surface area contributed by atoms with Crippen molar-refractivity contribution in [1.82, 2.24) is 0 Å². The van der Waals surface area contributed by atoms with Crippen molar-refractivity contribution in [3.05, 3.63) is 41.0 Å². The number of hydrogen-bond donors (Lipinski definition) is 0. The summed E-state index contributed by atoms with van der Waals surface area (Å²) in [6.45, 7) is 5.95. The topological polar surface area (TPSA) is 60.4 Å². The van der Waals surface area contributed by atoms with E-state index in [1.165, 1.54) is 0 Å². The number of carboxylic acid groups (broad SMARTS) is 1. The molecule has 1 heterocycles. The van der Waals surface area contributed by atoms with E-state index in [-0.39, 0.29) is 11.9 Å². The van der Waals surface area contributed by atoms with Crippen LogP contribution >= 0.6 is 0 Å². The SMILES string of the molecule is CC1=C(C)C[C@@H](C(=O)N2c3ccccc3C[C@H]2C)[C@@H](C(=O)[O-])C1. The third-order valence-corrected chi connectivity index (χ3v) is 5.33. The van der Waals surface area contributed by atoms with Crippen LogP contribution < -0.4 is 10.0 Å². The Kier molecular flexibility index (Phi) is 4.00. The molecule has 122 valence electrons. The lowest BCUT2D eigenvalue weighted by molar-refractivity contribution is -0.313. The normalized spacial score (nSPS) is 27.1. The van der Waals surface area contributed by atoms with Gasteiger partial charge in [-0.3, -0.25) is 4.79 Å².